The zero-order valence-electron chi connectivity index (χ0n) is 9.65. The summed E-state index contributed by atoms with van der Waals surface area (Å²) < 4.78 is 0. The highest BCUT2D eigenvalue weighted by Gasteiger charge is 2.03. The number of nitrogens with two attached hydrogens (primary N) is 1. The van der Waals surface area contributed by atoms with Crippen LogP contribution in [0.15, 0.2) is 35.0 Å². The minimum Gasteiger partial charge on any atom is -0.389 e. The molecule has 0 aliphatic heterocycles. The van der Waals surface area contributed by atoms with E-state index in [9.17, 15) is 0 Å². The summed E-state index contributed by atoms with van der Waals surface area (Å²) in [5.74, 6) is 0. The van der Waals surface area contributed by atoms with Crippen LogP contribution in [-0.4, -0.2) is 11.5 Å². The molecule has 1 aromatic heterocycles. The van der Waals surface area contributed by atoms with Gasteiger partial charge in [0.2, 0.25) is 0 Å². The van der Waals surface area contributed by atoms with E-state index in [1.807, 2.05) is 12.1 Å². The number of anilines is 1. The molecule has 0 spiro atoms. The van der Waals surface area contributed by atoms with Crippen molar-refractivity contribution in [2.75, 3.05) is 11.9 Å². The fraction of sp³-hybridized carbons (Fsp3) is 0.154. The fourth-order valence-corrected chi connectivity index (χ4v) is 2.67. The number of thiophene rings is 1. The van der Waals surface area contributed by atoms with Gasteiger partial charge in [-0.3, -0.25) is 0 Å². The van der Waals surface area contributed by atoms with Crippen molar-refractivity contribution < 1.29 is 0 Å². The van der Waals surface area contributed by atoms with Gasteiger partial charge in [-0.05, 0) is 47.0 Å². The van der Waals surface area contributed by atoms with Gasteiger partial charge in [0.05, 0.1) is 10.7 Å². The molecular formula is C13H13ClN2S2. The monoisotopic (exact) mass is 296 g/mol. The topological polar surface area (TPSA) is 38.0 Å². The van der Waals surface area contributed by atoms with Crippen molar-refractivity contribution in [2.45, 2.75) is 6.42 Å². The Bertz CT molecular complexity index is 538. The van der Waals surface area contributed by atoms with Crippen molar-refractivity contribution >= 4 is 45.8 Å². The van der Waals surface area contributed by atoms with E-state index in [-0.39, 0.29) is 0 Å². The van der Waals surface area contributed by atoms with Crippen LogP contribution in [0.5, 0.6) is 0 Å². The molecule has 0 aliphatic carbocycles. The average molecular weight is 297 g/mol. The van der Waals surface area contributed by atoms with Crippen molar-refractivity contribution in [3.05, 3.63) is 51.2 Å². The molecule has 3 N–H and O–H groups in total. The molecule has 5 heteroatoms. The lowest BCUT2D eigenvalue weighted by Gasteiger charge is -2.09. The third-order valence-electron chi connectivity index (χ3n) is 2.56. The van der Waals surface area contributed by atoms with Gasteiger partial charge in [-0.15, -0.1) is 0 Å². The summed E-state index contributed by atoms with van der Waals surface area (Å²) in [7, 11) is 0. The van der Waals surface area contributed by atoms with Crippen LogP contribution >= 0.6 is 35.2 Å². The Kier molecular flexibility index (Phi) is 4.58. The van der Waals surface area contributed by atoms with E-state index in [2.05, 4.69) is 22.1 Å². The summed E-state index contributed by atoms with van der Waals surface area (Å²) in [6.45, 7) is 0.850. The van der Waals surface area contributed by atoms with Crippen LogP contribution < -0.4 is 11.1 Å². The first-order valence-electron chi connectivity index (χ1n) is 5.51. The van der Waals surface area contributed by atoms with E-state index in [0.29, 0.717) is 10.0 Å². The van der Waals surface area contributed by atoms with Crippen LogP contribution in [0.25, 0.3) is 0 Å². The number of benzene rings is 1. The first kappa shape index (κ1) is 13.3. The first-order chi connectivity index (χ1) is 8.66. The van der Waals surface area contributed by atoms with Gasteiger partial charge in [-0.2, -0.15) is 11.3 Å². The van der Waals surface area contributed by atoms with Gasteiger partial charge in [0.1, 0.15) is 4.99 Å². The van der Waals surface area contributed by atoms with E-state index in [0.717, 1.165) is 24.2 Å². The molecule has 0 saturated heterocycles. The van der Waals surface area contributed by atoms with E-state index in [1.165, 1.54) is 5.56 Å². The number of nitrogens with one attached hydrogen (secondary N) is 1. The molecule has 0 fully saturated rings. The molecule has 94 valence electrons. The van der Waals surface area contributed by atoms with Gasteiger partial charge >= 0.3 is 0 Å². The number of rotatable bonds is 5. The van der Waals surface area contributed by atoms with Crippen LogP contribution in [0.4, 0.5) is 5.69 Å². The molecule has 2 aromatic rings. The molecule has 0 aliphatic rings. The van der Waals surface area contributed by atoms with E-state index >= 15 is 0 Å². The molecule has 0 amide bonds. The molecule has 2 rings (SSSR count). The maximum Gasteiger partial charge on any atom is 0.104 e. The molecule has 0 saturated carbocycles. The van der Waals surface area contributed by atoms with Crippen molar-refractivity contribution in [3.63, 3.8) is 0 Å². The number of hydrogen-bond donors (Lipinski definition) is 2. The van der Waals surface area contributed by atoms with Gasteiger partial charge in [0, 0.05) is 12.1 Å². The fourth-order valence-electron chi connectivity index (χ4n) is 1.59. The smallest absolute Gasteiger partial charge is 0.104 e. The minimum absolute atomic E-state index is 0.363. The molecule has 1 heterocycles. The lowest BCUT2D eigenvalue weighted by Crippen LogP contribution is -2.10. The lowest BCUT2D eigenvalue weighted by atomic mass is 10.2. The highest BCUT2D eigenvalue weighted by atomic mass is 35.5. The lowest BCUT2D eigenvalue weighted by molar-refractivity contribution is 1.03. The predicted octanol–water partition coefficient (Wildman–Crippen LogP) is 3.69. The second kappa shape index (κ2) is 6.18. The van der Waals surface area contributed by atoms with Gasteiger partial charge in [-0.25, -0.2) is 0 Å². The minimum atomic E-state index is 0.363. The summed E-state index contributed by atoms with van der Waals surface area (Å²) >= 11 is 12.8. The molecule has 0 radical (unpaired) electrons. The highest BCUT2D eigenvalue weighted by Crippen LogP contribution is 2.23. The summed E-state index contributed by atoms with van der Waals surface area (Å²) in [6.07, 6.45) is 0.983. The third-order valence-corrected chi connectivity index (χ3v) is 3.84. The summed E-state index contributed by atoms with van der Waals surface area (Å²) in [5, 5.41) is 8.18. The number of halogens is 1. The van der Waals surface area contributed by atoms with E-state index < -0.39 is 0 Å². The summed E-state index contributed by atoms with van der Waals surface area (Å²) in [5.41, 5.74) is 8.59. The molecule has 1 aromatic carbocycles. The second-order valence-electron chi connectivity index (χ2n) is 3.87. The van der Waals surface area contributed by atoms with Crippen molar-refractivity contribution in [1.29, 1.82) is 0 Å². The normalized spacial score (nSPS) is 10.3. The van der Waals surface area contributed by atoms with Crippen LogP contribution in [-0.2, 0) is 6.42 Å². The molecule has 0 unspecified atom stereocenters. The SMILES string of the molecule is NC(=S)c1ccc(NCCc2ccsc2)c(Cl)c1. The van der Waals surface area contributed by atoms with Crippen LogP contribution in [0.1, 0.15) is 11.1 Å². The maximum atomic E-state index is 6.16. The number of thiocarbonyl (C=S) groups is 1. The highest BCUT2D eigenvalue weighted by molar-refractivity contribution is 7.80. The Labute approximate surface area is 121 Å². The van der Waals surface area contributed by atoms with Crippen molar-refractivity contribution in [1.82, 2.24) is 0 Å². The average Bonchev–Trinajstić information content (AvgIpc) is 2.84. The Hall–Kier alpha value is -1.10. The molecule has 0 atom stereocenters. The summed E-state index contributed by atoms with van der Waals surface area (Å²) in [4.78, 5) is 0.363. The molecule has 18 heavy (non-hydrogen) atoms. The molecular weight excluding hydrogens is 284 g/mol. The van der Waals surface area contributed by atoms with Gasteiger partial charge in [0.25, 0.3) is 0 Å². The quantitative estimate of drug-likeness (QED) is 0.827. The standard InChI is InChI=1S/C13H13ClN2S2/c14-11-7-10(13(15)17)1-2-12(11)16-5-3-9-4-6-18-8-9/h1-2,4,6-8,16H,3,5H2,(H2,15,17). The zero-order chi connectivity index (χ0) is 13.0. The summed E-state index contributed by atoms with van der Waals surface area (Å²) in [6, 6.07) is 7.70. The first-order valence-corrected chi connectivity index (χ1v) is 7.24. The Balaban J connectivity index is 1.95. The van der Waals surface area contributed by atoms with Crippen molar-refractivity contribution in [2.24, 2.45) is 5.73 Å². The Morgan fingerprint density at radius 1 is 1.39 bits per heavy atom. The predicted molar refractivity (Wildman–Crippen MR) is 83.9 cm³/mol. The van der Waals surface area contributed by atoms with Crippen LogP contribution in [0, 0.1) is 0 Å². The van der Waals surface area contributed by atoms with Gasteiger partial charge in [0.15, 0.2) is 0 Å². The van der Waals surface area contributed by atoms with Crippen LogP contribution in [0.2, 0.25) is 5.02 Å². The van der Waals surface area contributed by atoms with Gasteiger partial charge in [-0.1, -0.05) is 23.8 Å². The van der Waals surface area contributed by atoms with Gasteiger partial charge < -0.3 is 11.1 Å². The molecule has 0 bridgehead atoms. The zero-order valence-corrected chi connectivity index (χ0v) is 12.0. The number of hydrogen-bond acceptors (Lipinski definition) is 3. The maximum absolute atomic E-state index is 6.16. The largest absolute Gasteiger partial charge is 0.389 e. The third kappa shape index (κ3) is 3.45. The van der Waals surface area contributed by atoms with E-state index in [1.54, 1.807) is 17.4 Å². The van der Waals surface area contributed by atoms with E-state index in [4.69, 9.17) is 29.6 Å². The van der Waals surface area contributed by atoms with Crippen LogP contribution in [0.3, 0.4) is 0 Å². The Morgan fingerprint density at radius 2 is 2.22 bits per heavy atom. The second-order valence-corrected chi connectivity index (χ2v) is 5.49. The Morgan fingerprint density at radius 3 is 2.83 bits per heavy atom. The molecule has 2 nitrogen and oxygen atoms in total. The van der Waals surface area contributed by atoms with Crippen molar-refractivity contribution in [3.8, 4) is 0 Å².